The molecule has 0 bridgehead atoms. The Labute approximate surface area is 101 Å². The van der Waals surface area contributed by atoms with Gasteiger partial charge in [-0.1, -0.05) is 5.16 Å². The third kappa shape index (κ3) is 3.96. The van der Waals surface area contributed by atoms with Crippen LogP contribution in [0.3, 0.4) is 0 Å². The molecule has 0 radical (unpaired) electrons. The Morgan fingerprint density at radius 1 is 1.41 bits per heavy atom. The zero-order valence-electron chi connectivity index (χ0n) is 10.1. The van der Waals surface area contributed by atoms with Crippen LogP contribution in [0.5, 0.6) is 5.75 Å². The molecule has 1 rings (SSSR count). The molecule has 5 heteroatoms. The molecule has 5 nitrogen and oxygen atoms in total. The van der Waals surface area contributed by atoms with Crippen LogP contribution in [0.15, 0.2) is 23.4 Å². The smallest absolute Gasteiger partial charge is 0.170 e. The highest BCUT2D eigenvalue weighted by Gasteiger charge is 2.04. The third-order valence-electron chi connectivity index (χ3n) is 2.33. The van der Waals surface area contributed by atoms with Gasteiger partial charge in [-0.2, -0.15) is 0 Å². The summed E-state index contributed by atoms with van der Waals surface area (Å²) in [5.74, 6) is 0.898. The van der Waals surface area contributed by atoms with E-state index in [9.17, 15) is 0 Å². The Hall–Kier alpha value is -1.75. The van der Waals surface area contributed by atoms with Crippen LogP contribution in [0, 0.1) is 6.92 Å². The van der Waals surface area contributed by atoms with Crippen molar-refractivity contribution >= 4 is 5.84 Å². The number of rotatable bonds is 6. The van der Waals surface area contributed by atoms with Gasteiger partial charge < -0.3 is 20.4 Å². The van der Waals surface area contributed by atoms with Crippen LogP contribution < -0.4 is 10.5 Å². The van der Waals surface area contributed by atoms with Gasteiger partial charge in [-0.3, -0.25) is 0 Å². The SMILES string of the molecule is COCCCOc1ccc(/C(N)=N/O)cc1C. The van der Waals surface area contributed by atoms with E-state index in [0.29, 0.717) is 18.8 Å². The van der Waals surface area contributed by atoms with Gasteiger partial charge in [0.2, 0.25) is 0 Å². The number of nitrogens with two attached hydrogens (primary N) is 1. The summed E-state index contributed by atoms with van der Waals surface area (Å²) in [6.45, 7) is 3.21. The average molecular weight is 238 g/mol. The Morgan fingerprint density at radius 3 is 2.76 bits per heavy atom. The third-order valence-corrected chi connectivity index (χ3v) is 2.33. The van der Waals surface area contributed by atoms with Crippen LogP contribution in [-0.2, 0) is 4.74 Å². The van der Waals surface area contributed by atoms with Crippen molar-refractivity contribution in [2.45, 2.75) is 13.3 Å². The lowest BCUT2D eigenvalue weighted by molar-refractivity contribution is 0.172. The molecule has 0 aliphatic rings. The maximum atomic E-state index is 8.57. The first-order chi connectivity index (χ1) is 8.19. The summed E-state index contributed by atoms with van der Waals surface area (Å²) >= 11 is 0. The van der Waals surface area contributed by atoms with Crippen LogP contribution in [0.1, 0.15) is 17.5 Å². The largest absolute Gasteiger partial charge is 0.493 e. The van der Waals surface area contributed by atoms with Crippen molar-refractivity contribution in [3.8, 4) is 5.75 Å². The van der Waals surface area contributed by atoms with Gasteiger partial charge in [0.1, 0.15) is 5.75 Å². The molecule has 1 aromatic rings. The normalized spacial score (nSPS) is 11.5. The molecular formula is C12H18N2O3. The number of hydrogen-bond donors (Lipinski definition) is 2. The molecule has 0 saturated heterocycles. The fourth-order valence-electron chi connectivity index (χ4n) is 1.41. The second-order valence-electron chi connectivity index (χ2n) is 3.66. The van der Waals surface area contributed by atoms with E-state index < -0.39 is 0 Å². The van der Waals surface area contributed by atoms with E-state index in [1.54, 1.807) is 13.2 Å². The molecule has 0 amide bonds. The summed E-state index contributed by atoms with van der Waals surface area (Å²) in [6.07, 6.45) is 0.845. The topological polar surface area (TPSA) is 77.1 Å². The zero-order chi connectivity index (χ0) is 12.7. The molecule has 0 heterocycles. The maximum Gasteiger partial charge on any atom is 0.170 e. The van der Waals surface area contributed by atoms with Gasteiger partial charge in [0, 0.05) is 25.7 Å². The van der Waals surface area contributed by atoms with Crippen molar-refractivity contribution in [2.75, 3.05) is 20.3 Å². The molecule has 0 aliphatic heterocycles. The summed E-state index contributed by atoms with van der Waals surface area (Å²) < 4.78 is 10.5. The van der Waals surface area contributed by atoms with Crippen molar-refractivity contribution < 1.29 is 14.7 Å². The summed E-state index contributed by atoms with van der Waals surface area (Å²) in [5, 5.41) is 11.5. The minimum absolute atomic E-state index is 0.0963. The predicted molar refractivity (Wildman–Crippen MR) is 65.7 cm³/mol. The van der Waals surface area contributed by atoms with E-state index in [0.717, 1.165) is 17.7 Å². The maximum absolute atomic E-state index is 8.57. The molecule has 0 atom stereocenters. The van der Waals surface area contributed by atoms with Gasteiger partial charge >= 0.3 is 0 Å². The van der Waals surface area contributed by atoms with Gasteiger partial charge in [0.15, 0.2) is 5.84 Å². The van der Waals surface area contributed by atoms with Crippen LogP contribution in [-0.4, -0.2) is 31.4 Å². The highest BCUT2D eigenvalue weighted by atomic mass is 16.5. The molecule has 0 fully saturated rings. The number of oxime groups is 1. The molecule has 1 aromatic carbocycles. The number of aryl methyl sites for hydroxylation is 1. The second-order valence-corrected chi connectivity index (χ2v) is 3.66. The standard InChI is InChI=1S/C12H18N2O3/c1-9-8-10(12(13)14-15)4-5-11(9)17-7-3-6-16-2/h4-5,8,15H,3,6-7H2,1-2H3,(H2,13,14). The van der Waals surface area contributed by atoms with E-state index in [-0.39, 0.29) is 5.84 Å². The van der Waals surface area contributed by atoms with Crippen LogP contribution in [0.4, 0.5) is 0 Å². The van der Waals surface area contributed by atoms with Crippen molar-refractivity contribution in [3.63, 3.8) is 0 Å². The molecule has 0 unspecified atom stereocenters. The lowest BCUT2D eigenvalue weighted by Crippen LogP contribution is -2.13. The number of hydrogen-bond acceptors (Lipinski definition) is 4. The van der Waals surface area contributed by atoms with Crippen molar-refractivity contribution in [1.82, 2.24) is 0 Å². The van der Waals surface area contributed by atoms with Gasteiger partial charge in [-0.15, -0.1) is 0 Å². The molecule has 0 spiro atoms. The van der Waals surface area contributed by atoms with Crippen LogP contribution >= 0.6 is 0 Å². The fourth-order valence-corrected chi connectivity index (χ4v) is 1.41. The summed E-state index contributed by atoms with van der Waals surface area (Å²) in [5.41, 5.74) is 7.12. The van der Waals surface area contributed by atoms with Gasteiger partial charge in [0.25, 0.3) is 0 Å². The quantitative estimate of drug-likeness (QED) is 0.259. The molecule has 17 heavy (non-hydrogen) atoms. The van der Waals surface area contributed by atoms with Crippen molar-refractivity contribution in [1.29, 1.82) is 0 Å². The Morgan fingerprint density at radius 2 is 2.18 bits per heavy atom. The minimum Gasteiger partial charge on any atom is -0.493 e. The summed E-state index contributed by atoms with van der Waals surface area (Å²) in [4.78, 5) is 0. The van der Waals surface area contributed by atoms with Gasteiger partial charge in [0.05, 0.1) is 6.61 Å². The minimum atomic E-state index is 0.0963. The van der Waals surface area contributed by atoms with E-state index >= 15 is 0 Å². The first-order valence-corrected chi connectivity index (χ1v) is 5.39. The highest BCUT2D eigenvalue weighted by molar-refractivity contribution is 5.97. The Kier molecular flexibility index (Phi) is 5.29. The first kappa shape index (κ1) is 13.3. The predicted octanol–water partition coefficient (Wildman–Crippen LogP) is 1.50. The molecule has 0 aliphatic carbocycles. The van der Waals surface area contributed by atoms with Crippen LogP contribution in [0.2, 0.25) is 0 Å². The molecule has 3 N–H and O–H groups in total. The number of benzene rings is 1. The molecule has 0 aromatic heterocycles. The number of amidine groups is 1. The number of ether oxygens (including phenoxy) is 2. The Bertz CT molecular complexity index is 391. The molecule has 94 valence electrons. The lowest BCUT2D eigenvalue weighted by atomic mass is 10.1. The van der Waals surface area contributed by atoms with Gasteiger partial charge in [-0.05, 0) is 30.7 Å². The zero-order valence-corrected chi connectivity index (χ0v) is 10.1. The molecular weight excluding hydrogens is 220 g/mol. The first-order valence-electron chi connectivity index (χ1n) is 5.39. The number of methoxy groups -OCH3 is 1. The second kappa shape index (κ2) is 6.75. The Balaban J connectivity index is 2.63. The summed E-state index contributed by atoms with van der Waals surface area (Å²) in [6, 6.07) is 5.39. The van der Waals surface area contributed by atoms with Gasteiger partial charge in [-0.25, -0.2) is 0 Å². The van der Waals surface area contributed by atoms with Crippen molar-refractivity contribution in [2.24, 2.45) is 10.9 Å². The lowest BCUT2D eigenvalue weighted by Gasteiger charge is -2.10. The monoisotopic (exact) mass is 238 g/mol. The molecule has 0 saturated carbocycles. The highest BCUT2D eigenvalue weighted by Crippen LogP contribution is 2.19. The van der Waals surface area contributed by atoms with E-state index in [4.69, 9.17) is 20.4 Å². The average Bonchev–Trinajstić information content (AvgIpc) is 2.35. The van der Waals surface area contributed by atoms with Crippen molar-refractivity contribution in [3.05, 3.63) is 29.3 Å². The van der Waals surface area contributed by atoms with Crippen LogP contribution in [0.25, 0.3) is 0 Å². The van der Waals surface area contributed by atoms with E-state index in [1.165, 1.54) is 0 Å². The van der Waals surface area contributed by atoms with E-state index in [2.05, 4.69) is 5.16 Å². The summed E-state index contributed by atoms with van der Waals surface area (Å²) in [7, 11) is 1.66. The number of nitrogens with zero attached hydrogens (tertiary/aromatic N) is 1. The fraction of sp³-hybridized carbons (Fsp3) is 0.417. The van der Waals surface area contributed by atoms with E-state index in [1.807, 2.05) is 19.1 Å².